The number of anilines is 1. The van der Waals surface area contributed by atoms with Crippen LogP contribution in [-0.2, 0) is 4.79 Å². The van der Waals surface area contributed by atoms with E-state index in [1.165, 1.54) is 0 Å². The van der Waals surface area contributed by atoms with E-state index in [1.54, 1.807) is 25.3 Å². The van der Waals surface area contributed by atoms with Crippen LogP contribution in [-0.4, -0.2) is 24.1 Å². The Kier molecular flexibility index (Phi) is 4.72. The Balaban J connectivity index is 2.22. The zero-order valence-electron chi connectivity index (χ0n) is 11.7. The second-order valence-corrected chi connectivity index (χ2v) is 5.93. The van der Waals surface area contributed by atoms with Crippen molar-refractivity contribution >= 4 is 33.4 Å². The molecule has 0 radical (unpaired) electrons. The molecule has 1 aromatic rings. The number of ether oxygens (including phenoxy) is 1. The summed E-state index contributed by atoms with van der Waals surface area (Å²) in [5.41, 5.74) is 5.47. The molecule has 21 heavy (non-hydrogen) atoms. The standard InChI is InChI=1S/C14H18BrN3O3/c1-21-11-5-4-9(8-10(11)15)17-13(19)14(12(16)18-20)6-2-3-7-14/h4-5,8,20H,2-3,6-7H2,1H3,(H2,16,18)(H,17,19). The number of hydrogen-bond acceptors (Lipinski definition) is 4. The molecule has 0 heterocycles. The van der Waals surface area contributed by atoms with Gasteiger partial charge < -0.3 is 21.0 Å². The highest BCUT2D eigenvalue weighted by atomic mass is 79.9. The van der Waals surface area contributed by atoms with Crippen LogP contribution in [0.5, 0.6) is 5.75 Å². The van der Waals surface area contributed by atoms with Gasteiger partial charge in [-0.15, -0.1) is 0 Å². The highest BCUT2D eigenvalue weighted by molar-refractivity contribution is 9.10. The van der Waals surface area contributed by atoms with Crippen LogP contribution in [0.2, 0.25) is 0 Å². The number of nitrogens with zero attached hydrogens (tertiary/aromatic N) is 1. The number of benzene rings is 1. The molecule has 1 aliphatic rings. The fourth-order valence-corrected chi connectivity index (χ4v) is 3.21. The van der Waals surface area contributed by atoms with Gasteiger partial charge in [0.2, 0.25) is 5.91 Å². The molecule has 1 aromatic carbocycles. The quantitative estimate of drug-likeness (QED) is 0.334. The van der Waals surface area contributed by atoms with Crippen molar-refractivity contribution in [2.75, 3.05) is 12.4 Å². The fraction of sp³-hybridized carbons (Fsp3) is 0.429. The van der Waals surface area contributed by atoms with Crippen molar-refractivity contribution in [3.8, 4) is 5.75 Å². The van der Waals surface area contributed by atoms with E-state index in [-0.39, 0.29) is 11.7 Å². The van der Waals surface area contributed by atoms with E-state index >= 15 is 0 Å². The number of halogens is 1. The summed E-state index contributed by atoms with van der Waals surface area (Å²) in [4.78, 5) is 12.6. The molecular formula is C14H18BrN3O3. The third-order valence-electron chi connectivity index (χ3n) is 3.90. The number of nitrogens with one attached hydrogen (secondary N) is 1. The van der Waals surface area contributed by atoms with Gasteiger partial charge in [-0.25, -0.2) is 0 Å². The molecule has 1 fully saturated rings. The van der Waals surface area contributed by atoms with Gasteiger partial charge in [0, 0.05) is 5.69 Å². The van der Waals surface area contributed by atoms with Gasteiger partial charge in [-0.2, -0.15) is 0 Å². The molecular weight excluding hydrogens is 338 g/mol. The molecule has 1 saturated carbocycles. The van der Waals surface area contributed by atoms with Crippen molar-refractivity contribution in [3.05, 3.63) is 22.7 Å². The van der Waals surface area contributed by atoms with Gasteiger partial charge in [0.05, 0.1) is 11.6 Å². The van der Waals surface area contributed by atoms with Crippen LogP contribution in [0.15, 0.2) is 27.8 Å². The largest absolute Gasteiger partial charge is 0.496 e. The second kappa shape index (κ2) is 6.34. The maximum atomic E-state index is 12.6. The maximum absolute atomic E-state index is 12.6. The fourth-order valence-electron chi connectivity index (χ4n) is 2.67. The molecule has 2 rings (SSSR count). The van der Waals surface area contributed by atoms with E-state index in [0.717, 1.165) is 17.3 Å². The monoisotopic (exact) mass is 355 g/mol. The number of rotatable bonds is 4. The summed E-state index contributed by atoms with van der Waals surface area (Å²) in [6.45, 7) is 0. The lowest BCUT2D eigenvalue weighted by molar-refractivity contribution is -0.122. The number of oxime groups is 1. The van der Waals surface area contributed by atoms with E-state index in [4.69, 9.17) is 15.7 Å². The molecule has 1 amide bonds. The first-order chi connectivity index (χ1) is 10.0. The van der Waals surface area contributed by atoms with Crippen LogP contribution >= 0.6 is 15.9 Å². The molecule has 0 bridgehead atoms. The van der Waals surface area contributed by atoms with Gasteiger partial charge in [-0.1, -0.05) is 18.0 Å². The van der Waals surface area contributed by atoms with Crippen molar-refractivity contribution < 1.29 is 14.7 Å². The molecule has 0 spiro atoms. The van der Waals surface area contributed by atoms with Crippen LogP contribution < -0.4 is 15.8 Å². The van der Waals surface area contributed by atoms with Gasteiger partial charge in [0.25, 0.3) is 0 Å². The average Bonchev–Trinajstić information content (AvgIpc) is 2.97. The number of hydrogen-bond donors (Lipinski definition) is 3. The number of amidine groups is 1. The number of carbonyl (C=O) groups excluding carboxylic acids is 1. The predicted octanol–water partition coefficient (Wildman–Crippen LogP) is 2.70. The number of carbonyl (C=O) groups is 1. The van der Waals surface area contributed by atoms with Crippen LogP contribution in [0.3, 0.4) is 0 Å². The number of amides is 1. The third kappa shape index (κ3) is 2.97. The Morgan fingerprint density at radius 1 is 1.48 bits per heavy atom. The first-order valence-electron chi connectivity index (χ1n) is 6.66. The zero-order valence-corrected chi connectivity index (χ0v) is 13.3. The van der Waals surface area contributed by atoms with Gasteiger partial charge >= 0.3 is 0 Å². The molecule has 7 heteroatoms. The van der Waals surface area contributed by atoms with E-state index in [2.05, 4.69) is 26.4 Å². The van der Waals surface area contributed by atoms with Gasteiger partial charge in [0.1, 0.15) is 11.2 Å². The predicted molar refractivity (Wildman–Crippen MR) is 83.6 cm³/mol. The maximum Gasteiger partial charge on any atom is 0.238 e. The normalized spacial score (nSPS) is 17.5. The summed E-state index contributed by atoms with van der Waals surface area (Å²) < 4.78 is 5.89. The topological polar surface area (TPSA) is 96.9 Å². The van der Waals surface area contributed by atoms with Crippen LogP contribution in [0.4, 0.5) is 5.69 Å². The summed E-state index contributed by atoms with van der Waals surface area (Å²) in [7, 11) is 1.57. The molecule has 0 aliphatic heterocycles. The highest BCUT2D eigenvalue weighted by Gasteiger charge is 2.45. The van der Waals surface area contributed by atoms with Crippen LogP contribution in [0.1, 0.15) is 25.7 Å². The van der Waals surface area contributed by atoms with Crippen LogP contribution in [0, 0.1) is 5.41 Å². The smallest absolute Gasteiger partial charge is 0.238 e. The molecule has 4 N–H and O–H groups in total. The van der Waals surface area contributed by atoms with E-state index < -0.39 is 5.41 Å². The molecule has 0 unspecified atom stereocenters. The average molecular weight is 356 g/mol. The molecule has 0 aromatic heterocycles. The summed E-state index contributed by atoms with van der Waals surface area (Å²) in [5.74, 6) is 0.414. The van der Waals surface area contributed by atoms with Crippen molar-refractivity contribution in [2.24, 2.45) is 16.3 Å². The van der Waals surface area contributed by atoms with Crippen molar-refractivity contribution in [3.63, 3.8) is 0 Å². The van der Waals surface area contributed by atoms with Gasteiger partial charge in [0.15, 0.2) is 5.84 Å². The lowest BCUT2D eigenvalue weighted by Crippen LogP contribution is -2.45. The molecule has 6 nitrogen and oxygen atoms in total. The van der Waals surface area contributed by atoms with Gasteiger partial charge in [-0.3, -0.25) is 4.79 Å². The Hall–Kier alpha value is -1.76. The SMILES string of the molecule is COc1ccc(NC(=O)C2(C(N)=NO)CCCC2)cc1Br. The van der Waals surface area contributed by atoms with Crippen LogP contribution in [0.25, 0.3) is 0 Å². The minimum Gasteiger partial charge on any atom is -0.496 e. The first-order valence-corrected chi connectivity index (χ1v) is 7.46. The number of methoxy groups -OCH3 is 1. The minimum absolute atomic E-state index is 0.0231. The van der Waals surface area contributed by atoms with Crippen molar-refractivity contribution in [2.45, 2.75) is 25.7 Å². The van der Waals surface area contributed by atoms with E-state index in [9.17, 15) is 4.79 Å². The Bertz CT molecular complexity index is 569. The van der Waals surface area contributed by atoms with Crippen molar-refractivity contribution in [1.29, 1.82) is 0 Å². The second-order valence-electron chi connectivity index (χ2n) is 5.08. The summed E-state index contributed by atoms with van der Waals surface area (Å²) >= 11 is 3.37. The zero-order chi connectivity index (χ0) is 15.5. The van der Waals surface area contributed by atoms with Crippen molar-refractivity contribution in [1.82, 2.24) is 0 Å². The molecule has 0 saturated heterocycles. The highest BCUT2D eigenvalue weighted by Crippen LogP contribution is 2.39. The Labute approximate surface area is 131 Å². The summed E-state index contributed by atoms with van der Waals surface area (Å²) in [6, 6.07) is 5.26. The lowest BCUT2D eigenvalue weighted by Gasteiger charge is -2.26. The Morgan fingerprint density at radius 3 is 2.67 bits per heavy atom. The minimum atomic E-state index is -0.916. The summed E-state index contributed by atoms with van der Waals surface area (Å²) in [6.07, 6.45) is 2.95. The number of nitrogens with two attached hydrogens (primary N) is 1. The van der Waals surface area contributed by atoms with E-state index in [0.29, 0.717) is 24.3 Å². The first kappa shape index (κ1) is 15.6. The summed E-state index contributed by atoms with van der Waals surface area (Å²) in [5, 5.41) is 14.8. The lowest BCUT2D eigenvalue weighted by atomic mass is 9.83. The molecule has 1 aliphatic carbocycles. The molecule has 0 atom stereocenters. The van der Waals surface area contributed by atoms with Gasteiger partial charge in [-0.05, 0) is 47.0 Å². The molecule has 114 valence electrons. The van der Waals surface area contributed by atoms with E-state index in [1.807, 2.05) is 0 Å². The Morgan fingerprint density at radius 2 is 2.14 bits per heavy atom. The third-order valence-corrected chi connectivity index (χ3v) is 4.52.